The van der Waals surface area contributed by atoms with Crippen molar-refractivity contribution in [2.75, 3.05) is 13.7 Å². The van der Waals surface area contributed by atoms with Gasteiger partial charge < -0.3 is 10.1 Å². The van der Waals surface area contributed by atoms with Gasteiger partial charge in [-0.15, -0.1) is 0 Å². The Labute approximate surface area is 75.7 Å². The summed E-state index contributed by atoms with van der Waals surface area (Å²) in [7, 11) is 2.06. The summed E-state index contributed by atoms with van der Waals surface area (Å²) in [6.45, 7) is 5.39. The molecule has 0 saturated carbocycles. The van der Waals surface area contributed by atoms with Gasteiger partial charge in [0.05, 0.1) is 6.10 Å². The normalized spacial score (nSPS) is 32.2. The van der Waals surface area contributed by atoms with Crippen molar-refractivity contribution in [2.45, 2.75) is 45.3 Å². The summed E-state index contributed by atoms with van der Waals surface area (Å²) >= 11 is 0. The van der Waals surface area contributed by atoms with E-state index in [9.17, 15) is 0 Å². The second-order valence-electron chi connectivity index (χ2n) is 3.71. The molecule has 0 radical (unpaired) electrons. The van der Waals surface area contributed by atoms with Crippen LogP contribution in [0, 0.1) is 5.92 Å². The Morgan fingerprint density at radius 1 is 1.58 bits per heavy atom. The van der Waals surface area contributed by atoms with Crippen molar-refractivity contribution in [2.24, 2.45) is 5.92 Å². The molecule has 2 nitrogen and oxygen atoms in total. The van der Waals surface area contributed by atoms with Crippen LogP contribution < -0.4 is 5.32 Å². The monoisotopic (exact) mass is 171 g/mol. The first-order valence-corrected chi connectivity index (χ1v) is 5.08. The van der Waals surface area contributed by atoms with Gasteiger partial charge in [-0.3, -0.25) is 0 Å². The summed E-state index contributed by atoms with van der Waals surface area (Å²) in [6, 6.07) is 0.660. The van der Waals surface area contributed by atoms with E-state index in [1.807, 2.05) is 0 Å². The highest BCUT2D eigenvalue weighted by molar-refractivity contribution is 4.83. The van der Waals surface area contributed by atoms with Crippen LogP contribution in [0.4, 0.5) is 0 Å². The van der Waals surface area contributed by atoms with E-state index in [2.05, 4.69) is 26.2 Å². The first-order chi connectivity index (χ1) is 5.79. The van der Waals surface area contributed by atoms with E-state index >= 15 is 0 Å². The molecule has 3 atom stereocenters. The minimum Gasteiger partial charge on any atom is -0.378 e. The maximum atomic E-state index is 5.55. The van der Waals surface area contributed by atoms with E-state index in [1.165, 1.54) is 19.3 Å². The summed E-state index contributed by atoms with van der Waals surface area (Å²) < 4.78 is 5.55. The zero-order chi connectivity index (χ0) is 8.97. The molecule has 1 aliphatic rings. The molecule has 72 valence electrons. The van der Waals surface area contributed by atoms with Crippen LogP contribution in [0.15, 0.2) is 0 Å². The van der Waals surface area contributed by atoms with E-state index < -0.39 is 0 Å². The fraction of sp³-hybridized carbons (Fsp3) is 1.00. The lowest BCUT2D eigenvalue weighted by Crippen LogP contribution is -2.36. The predicted molar refractivity (Wildman–Crippen MR) is 51.3 cm³/mol. The van der Waals surface area contributed by atoms with Crippen molar-refractivity contribution >= 4 is 0 Å². The van der Waals surface area contributed by atoms with Crippen LogP contribution in [0.1, 0.15) is 33.1 Å². The summed E-state index contributed by atoms with van der Waals surface area (Å²) in [5, 5.41) is 3.40. The molecule has 1 saturated heterocycles. The third-order valence-corrected chi connectivity index (χ3v) is 2.92. The maximum Gasteiger partial charge on any atom is 0.0590 e. The average Bonchev–Trinajstić information content (AvgIpc) is 2.47. The minimum absolute atomic E-state index is 0.453. The molecule has 1 aliphatic heterocycles. The zero-order valence-corrected chi connectivity index (χ0v) is 8.47. The Morgan fingerprint density at radius 3 is 2.75 bits per heavy atom. The zero-order valence-electron chi connectivity index (χ0n) is 8.47. The van der Waals surface area contributed by atoms with Gasteiger partial charge in [0.2, 0.25) is 0 Å². The lowest BCUT2D eigenvalue weighted by molar-refractivity contribution is 0.0952. The van der Waals surface area contributed by atoms with Crippen LogP contribution in [0.25, 0.3) is 0 Å². The number of rotatable bonds is 4. The van der Waals surface area contributed by atoms with Gasteiger partial charge in [0.25, 0.3) is 0 Å². The summed E-state index contributed by atoms with van der Waals surface area (Å²) in [5.41, 5.74) is 0. The SMILES string of the molecule is CCCC(NC)C1CCOC1C. The van der Waals surface area contributed by atoms with E-state index in [4.69, 9.17) is 4.74 Å². The van der Waals surface area contributed by atoms with Gasteiger partial charge >= 0.3 is 0 Å². The van der Waals surface area contributed by atoms with Gasteiger partial charge in [-0.05, 0) is 26.8 Å². The molecule has 12 heavy (non-hydrogen) atoms. The van der Waals surface area contributed by atoms with Crippen LogP contribution in [-0.2, 0) is 4.74 Å². The van der Waals surface area contributed by atoms with Crippen molar-refractivity contribution in [3.05, 3.63) is 0 Å². The third kappa shape index (κ3) is 2.20. The van der Waals surface area contributed by atoms with Gasteiger partial charge in [0, 0.05) is 18.6 Å². The Balaban J connectivity index is 2.41. The molecule has 0 aromatic carbocycles. The van der Waals surface area contributed by atoms with E-state index in [1.54, 1.807) is 0 Å². The molecule has 0 spiro atoms. The molecular weight excluding hydrogens is 150 g/mol. The molecular formula is C10H21NO. The van der Waals surface area contributed by atoms with Crippen molar-refractivity contribution in [1.29, 1.82) is 0 Å². The standard InChI is InChI=1S/C10H21NO/c1-4-5-10(11-3)9-6-7-12-8(9)2/h8-11H,4-7H2,1-3H3. The smallest absolute Gasteiger partial charge is 0.0590 e. The number of hydrogen-bond donors (Lipinski definition) is 1. The van der Waals surface area contributed by atoms with Crippen LogP contribution >= 0.6 is 0 Å². The Hall–Kier alpha value is -0.0800. The van der Waals surface area contributed by atoms with Gasteiger partial charge in [-0.1, -0.05) is 13.3 Å². The van der Waals surface area contributed by atoms with E-state index in [-0.39, 0.29) is 0 Å². The summed E-state index contributed by atoms with van der Waals surface area (Å²) in [5.74, 6) is 0.731. The second kappa shape index (κ2) is 4.83. The first kappa shape index (κ1) is 10.0. The Bertz CT molecular complexity index is 127. The maximum absolute atomic E-state index is 5.55. The molecule has 0 aliphatic carbocycles. The number of nitrogens with one attached hydrogen (secondary N) is 1. The van der Waals surface area contributed by atoms with Gasteiger partial charge in [0.1, 0.15) is 0 Å². The lowest BCUT2D eigenvalue weighted by atomic mass is 9.91. The van der Waals surface area contributed by atoms with Crippen molar-refractivity contribution in [3.8, 4) is 0 Å². The quantitative estimate of drug-likeness (QED) is 0.696. The fourth-order valence-corrected chi connectivity index (χ4v) is 2.16. The van der Waals surface area contributed by atoms with E-state index in [0.29, 0.717) is 12.1 Å². The molecule has 2 heteroatoms. The summed E-state index contributed by atoms with van der Waals surface area (Å²) in [4.78, 5) is 0. The number of ether oxygens (including phenoxy) is 1. The molecule has 0 amide bonds. The highest BCUT2D eigenvalue weighted by Crippen LogP contribution is 2.25. The molecule has 1 rings (SSSR count). The molecule has 1 fully saturated rings. The van der Waals surface area contributed by atoms with Gasteiger partial charge in [0.15, 0.2) is 0 Å². The van der Waals surface area contributed by atoms with Crippen LogP contribution in [0.2, 0.25) is 0 Å². The first-order valence-electron chi connectivity index (χ1n) is 5.08. The van der Waals surface area contributed by atoms with Crippen LogP contribution in [-0.4, -0.2) is 25.8 Å². The number of hydrogen-bond acceptors (Lipinski definition) is 2. The highest BCUT2D eigenvalue weighted by atomic mass is 16.5. The van der Waals surface area contributed by atoms with Gasteiger partial charge in [-0.25, -0.2) is 0 Å². The van der Waals surface area contributed by atoms with Crippen molar-refractivity contribution < 1.29 is 4.74 Å². The summed E-state index contributed by atoms with van der Waals surface area (Å²) in [6.07, 6.45) is 4.21. The predicted octanol–water partition coefficient (Wildman–Crippen LogP) is 1.80. The average molecular weight is 171 g/mol. The molecule has 1 N–H and O–H groups in total. The lowest BCUT2D eigenvalue weighted by Gasteiger charge is -2.24. The second-order valence-corrected chi connectivity index (χ2v) is 3.71. The van der Waals surface area contributed by atoms with Crippen LogP contribution in [0.3, 0.4) is 0 Å². The minimum atomic E-state index is 0.453. The molecule has 0 bridgehead atoms. The third-order valence-electron chi connectivity index (χ3n) is 2.92. The molecule has 1 heterocycles. The van der Waals surface area contributed by atoms with Gasteiger partial charge in [-0.2, -0.15) is 0 Å². The highest BCUT2D eigenvalue weighted by Gasteiger charge is 2.30. The van der Waals surface area contributed by atoms with E-state index in [0.717, 1.165) is 12.5 Å². The fourth-order valence-electron chi connectivity index (χ4n) is 2.16. The van der Waals surface area contributed by atoms with Crippen molar-refractivity contribution in [1.82, 2.24) is 5.32 Å². The molecule has 0 aromatic heterocycles. The Kier molecular flexibility index (Phi) is 4.02. The van der Waals surface area contributed by atoms with Crippen LogP contribution in [0.5, 0.6) is 0 Å². The molecule has 0 aromatic rings. The largest absolute Gasteiger partial charge is 0.378 e. The Morgan fingerprint density at radius 2 is 2.33 bits per heavy atom. The van der Waals surface area contributed by atoms with Crippen molar-refractivity contribution in [3.63, 3.8) is 0 Å². The molecule has 3 unspecified atom stereocenters. The topological polar surface area (TPSA) is 21.3 Å².